The molecule has 6 heteroatoms. The summed E-state index contributed by atoms with van der Waals surface area (Å²) in [5.74, 6) is 0.248. The van der Waals surface area contributed by atoms with Crippen molar-refractivity contribution >= 4 is 11.9 Å². The van der Waals surface area contributed by atoms with Crippen LogP contribution in [0.25, 0.3) is 0 Å². The average Bonchev–Trinajstić information content (AvgIpc) is 2.66. The third kappa shape index (κ3) is 10.6. The summed E-state index contributed by atoms with van der Waals surface area (Å²) >= 11 is 0. The first-order chi connectivity index (χ1) is 14.3. The second-order valence-electron chi connectivity index (χ2n) is 10.3. The zero-order valence-electron chi connectivity index (χ0n) is 18.5. The van der Waals surface area contributed by atoms with E-state index in [9.17, 15) is 9.59 Å². The molecule has 5 aliphatic carbocycles. The van der Waals surface area contributed by atoms with Crippen molar-refractivity contribution in [3.05, 3.63) is 12.2 Å². The van der Waals surface area contributed by atoms with Crippen molar-refractivity contribution in [3.8, 4) is 0 Å². The van der Waals surface area contributed by atoms with Gasteiger partial charge in [0.05, 0.1) is 11.7 Å². The zero-order valence-corrected chi connectivity index (χ0v) is 18.5. The molecule has 0 aliphatic heterocycles. The number of hydrogen-bond donors (Lipinski definition) is 0. The highest BCUT2D eigenvalue weighted by molar-refractivity contribution is 5.87. The van der Waals surface area contributed by atoms with E-state index in [-0.39, 0.29) is 84.2 Å². The molecule has 6 nitrogen and oxygen atoms in total. The van der Waals surface area contributed by atoms with Crippen LogP contribution in [0.5, 0.6) is 0 Å². The quantitative estimate of drug-likeness (QED) is 0.171. The number of rotatable bonds is 8. The van der Waals surface area contributed by atoms with E-state index >= 15 is 0 Å². The van der Waals surface area contributed by atoms with Gasteiger partial charge in [0.25, 0.3) is 0 Å². The Morgan fingerprint density at radius 3 is 1.84 bits per heavy atom. The van der Waals surface area contributed by atoms with E-state index in [1.54, 1.807) is 13.8 Å². The topological polar surface area (TPSA) is 71.1 Å². The van der Waals surface area contributed by atoms with Gasteiger partial charge in [-0.1, -0.05) is 85.3 Å². The molecule has 5 aliphatic rings. The van der Waals surface area contributed by atoms with E-state index in [2.05, 4.69) is 6.58 Å². The van der Waals surface area contributed by atoms with E-state index in [1.165, 1.54) is 19.3 Å². The maximum Gasteiger partial charge on any atom is 0.337 e. The molecule has 0 saturated heterocycles. The molecule has 5 rings (SSSR count). The molecule has 5 saturated carbocycles. The van der Waals surface area contributed by atoms with Crippen LogP contribution in [-0.2, 0) is 28.5 Å². The fourth-order valence-electron chi connectivity index (χ4n) is 6.60. The molecule has 0 aromatic carbocycles. The number of carbonyl (C=O) groups is 2. The summed E-state index contributed by atoms with van der Waals surface area (Å²) in [5, 5.41) is 0. The second-order valence-corrected chi connectivity index (χ2v) is 10.3. The molecule has 4 bridgehead atoms. The Hall–Kier alpha value is -1.40. The molecule has 0 N–H and O–H groups in total. The van der Waals surface area contributed by atoms with Crippen LogP contribution in [0.2, 0.25) is 0 Å². The summed E-state index contributed by atoms with van der Waals surface area (Å²) in [4.78, 5) is 24.8. The molecule has 232 valence electrons. The van der Waals surface area contributed by atoms with Gasteiger partial charge in [0.1, 0.15) is 5.60 Å². The first-order valence-corrected chi connectivity index (χ1v) is 11.6. The Morgan fingerprint density at radius 2 is 1.34 bits per heavy atom. The van der Waals surface area contributed by atoms with Crippen molar-refractivity contribution < 1.29 is 28.5 Å². The van der Waals surface area contributed by atoms with Crippen LogP contribution < -0.4 is 0 Å². The monoisotopic (exact) mass is 549 g/mol. The van der Waals surface area contributed by atoms with Crippen LogP contribution in [0.3, 0.4) is 0 Å². The predicted octanol–water partition coefficient (Wildman–Crippen LogP) is 9.54. The van der Waals surface area contributed by atoms with Gasteiger partial charge in [-0.05, 0) is 70.6 Å². The molecular formula is C32H68O6. The van der Waals surface area contributed by atoms with Gasteiger partial charge >= 0.3 is 11.9 Å². The highest BCUT2D eigenvalue weighted by atomic mass is 16.7. The van der Waals surface area contributed by atoms with E-state index in [4.69, 9.17) is 18.9 Å². The van der Waals surface area contributed by atoms with Crippen LogP contribution in [0, 0.1) is 11.8 Å². The molecule has 3 unspecified atom stereocenters. The van der Waals surface area contributed by atoms with Crippen molar-refractivity contribution in [2.75, 3.05) is 6.79 Å². The Bertz CT molecular complexity index is 667. The molecule has 38 heavy (non-hydrogen) atoms. The number of carbonyl (C=O) groups excluding carboxylic acids is 2. The van der Waals surface area contributed by atoms with Gasteiger partial charge < -0.3 is 18.9 Å². The Labute approximate surface area is 238 Å². The summed E-state index contributed by atoms with van der Waals surface area (Å²) in [5.41, 5.74) is -0.466. The van der Waals surface area contributed by atoms with Crippen molar-refractivity contribution in [2.24, 2.45) is 11.8 Å². The minimum Gasteiger partial charge on any atom is -0.456 e. The SMILES string of the molecule is C.C.C.C.C.C.C.C.C=C(C)C(=O)OC12CC3CC(C1)CC(OC(C)C(=O)OCOC1CCCCC1)(C3)C2. The van der Waals surface area contributed by atoms with E-state index in [1.807, 2.05) is 0 Å². The van der Waals surface area contributed by atoms with Crippen LogP contribution in [0.1, 0.15) is 144 Å². The smallest absolute Gasteiger partial charge is 0.337 e. The molecule has 0 amide bonds. The van der Waals surface area contributed by atoms with Gasteiger partial charge in [0, 0.05) is 12.0 Å². The molecule has 5 fully saturated rings. The first-order valence-electron chi connectivity index (χ1n) is 11.6. The molecule has 0 aromatic rings. The Kier molecular flexibility index (Phi) is 23.0. The molecule has 0 heterocycles. The minimum atomic E-state index is -0.662. The normalized spacial score (nSPS) is 28.7. The Balaban J connectivity index is -0.000000454. The molecule has 3 atom stereocenters. The first kappa shape index (κ1) is 46.5. The van der Waals surface area contributed by atoms with Crippen LogP contribution in [-0.4, -0.2) is 42.1 Å². The minimum absolute atomic E-state index is 0. The Morgan fingerprint density at radius 1 is 0.842 bits per heavy atom. The standard InChI is InChI=1S/C24H36O6.8CH4/c1-16(2)21(25)30-24-12-18-9-19(13-24)11-23(10-18,14-24)29-17(3)22(26)28-15-27-20-7-5-4-6-8-20;;;;;;;;/h17-20H,1,4-15H2,2-3H3;8*1H4. The van der Waals surface area contributed by atoms with E-state index in [0.29, 0.717) is 23.8 Å². The third-order valence-corrected chi connectivity index (χ3v) is 7.43. The van der Waals surface area contributed by atoms with Crippen molar-refractivity contribution in [3.63, 3.8) is 0 Å². The lowest BCUT2D eigenvalue weighted by Gasteiger charge is -2.61. The van der Waals surface area contributed by atoms with Crippen LogP contribution >= 0.6 is 0 Å². The van der Waals surface area contributed by atoms with Crippen molar-refractivity contribution in [1.29, 1.82) is 0 Å². The van der Waals surface area contributed by atoms with Crippen LogP contribution in [0.15, 0.2) is 12.2 Å². The summed E-state index contributed by atoms with van der Waals surface area (Å²) < 4.78 is 23.4. The van der Waals surface area contributed by atoms with Gasteiger partial charge in [-0.2, -0.15) is 0 Å². The fraction of sp³-hybridized carbons (Fsp3) is 0.875. The largest absolute Gasteiger partial charge is 0.456 e. The fourth-order valence-corrected chi connectivity index (χ4v) is 6.60. The molecule has 0 spiro atoms. The highest BCUT2D eigenvalue weighted by Crippen LogP contribution is 2.60. The van der Waals surface area contributed by atoms with Crippen molar-refractivity contribution in [1.82, 2.24) is 0 Å². The number of ether oxygens (including phenoxy) is 4. The molecule has 0 aromatic heterocycles. The van der Waals surface area contributed by atoms with E-state index < -0.39 is 17.3 Å². The maximum atomic E-state index is 12.5. The molecular weight excluding hydrogens is 480 g/mol. The second kappa shape index (κ2) is 18.8. The summed E-state index contributed by atoms with van der Waals surface area (Å²) in [6.45, 7) is 7.16. The predicted molar refractivity (Wildman–Crippen MR) is 164 cm³/mol. The number of hydrogen-bond acceptors (Lipinski definition) is 6. The van der Waals surface area contributed by atoms with Crippen molar-refractivity contribution in [2.45, 2.75) is 167 Å². The summed E-state index contributed by atoms with van der Waals surface area (Å²) in [6, 6.07) is 0. The van der Waals surface area contributed by atoms with Crippen LogP contribution in [0.4, 0.5) is 0 Å². The number of esters is 2. The lowest BCUT2D eigenvalue weighted by molar-refractivity contribution is -0.246. The summed E-state index contributed by atoms with van der Waals surface area (Å²) in [7, 11) is 0. The van der Waals surface area contributed by atoms with Gasteiger partial charge in [-0.25, -0.2) is 9.59 Å². The lowest BCUT2D eigenvalue weighted by Crippen LogP contribution is -2.62. The van der Waals surface area contributed by atoms with Gasteiger partial charge in [0.2, 0.25) is 0 Å². The van der Waals surface area contributed by atoms with Gasteiger partial charge in [-0.3, -0.25) is 0 Å². The zero-order chi connectivity index (χ0) is 21.4. The van der Waals surface area contributed by atoms with Gasteiger partial charge in [-0.15, -0.1) is 0 Å². The summed E-state index contributed by atoms with van der Waals surface area (Å²) in [6.07, 6.45) is 10.7. The maximum absolute atomic E-state index is 12.5. The highest BCUT2D eigenvalue weighted by Gasteiger charge is 2.61. The third-order valence-electron chi connectivity index (χ3n) is 7.43. The average molecular weight is 549 g/mol. The molecule has 0 radical (unpaired) electrons. The van der Waals surface area contributed by atoms with Gasteiger partial charge in [0.15, 0.2) is 12.9 Å². The van der Waals surface area contributed by atoms with E-state index in [0.717, 1.165) is 44.9 Å². The lowest BCUT2D eigenvalue weighted by atomic mass is 9.52.